The molecule has 0 fully saturated rings. The molecule has 3 aromatic carbocycles. The van der Waals surface area contributed by atoms with E-state index in [1.807, 2.05) is 58.0 Å². The van der Waals surface area contributed by atoms with E-state index in [-0.39, 0.29) is 35.5 Å². The van der Waals surface area contributed by atoms with Gasteiger partial charge in [-0.15, -0.1) is 0 Å². The van der Waals surface area contributed by atoms with E-state index in [1.165, 1.54) is 30.3 Å². The van der Waals surface area contributed by atoms with Crippen LogP contribution < -0.4 is 16.0 Å². The van der Waals surface area contributed by atoms with Gasteiger partial charge in [0.2, 0.25) is 11.8 Å². The molecule has 0 bridgehead atoms. The van der Waals surface area contributed by atoms with Crippen molar-refractivity contribution in [1.29, 1.82) is 0 Å². The van der Waals surface area contributed by atoms with Crippen LogP contribution in [0.2, 0.25) is 0 Å². The highest BCUT2D eigenvalue weighted by molar-refractivity contribution is 7.94. The van der Waals surface area contributed by atoms with Gasteiger partial charge in [-0.1, -0.05) is 94.4 Å². The highest BCUT2D eigenvalue weighted by Crippen LogP contribution is 2.16. The summed E-state index contributed by atoms with van der Waals surface area (Å²) in [7, 11) is -3.80. The zero-order valence-corrected chi connectivity index (χ0v) is 28.1. The Morgan fingerprint density at radius 2 is 1.26 bits per heavy atom. The lowest BCUT2D eigenvalue weighted by Gasteiger charge is -2.26. The van der Waals surface area contributed by atoms with E-state index >= 15 is 0 Å². The Hall–Kier alpha value is -4.64. The van der Waals surface area contributed by atoms with Crippen LogP contribution in [0.4, 0.5) is 4.79 Å². The highest BCUT2D eigenvalue weighted by Gasteiger charge is 2.29. The minimum atomic E-state index is -3.80. The predicted octanol–water partition coefficient (Wildman–Crippen LogP) is 5.28. The van der Waals surface area contributed by atoms with E-state index in [9.17, 15) is 27.9 Å². The van der Waals surface area contributed by atoms with Crippen LogP contribution in [0.25, 0.3) is 0 Å². The third kappa shape index (κ3) is 12.9. The first-order chi connectivity index (χ1) is 22.3. The van der Waals surface area contributed by atoms with Crippen LogP contribution in [0.1, 0.15) is 51.7 Å². The summed E-state index contributed by atoms with van der Waals surface area (Å²) in [5.74, 6) is -0.905. The number of benzene rings is 3. The van der Waals surface area contributed by atoms with Crippen molar-refractivity contribution in [2.24, 2.45) is 11.8 Å². The van der Waals surface area contributed by atoms with Crippen molar-refractivity contribution in [1.82, 2.24) is 16.0 Å². The quantitative estimate of drug-likeness (QED) is 0.163. The number of carbonyl (C=O) groups is 3. The van der Waals surface area contributed by atoms with Gasteiger partial charge in [-0.25, -0.2) is 13.2 Å². The third-order valence-electron chi connectivity index (χ3n) is 7.15. The largest absolute Gasteiger partial charge is 0.508 e. The number of amides is 3. The molecule has 0 aliphatic rings. The van der Waals surface area contributed by atoms with Crippen LogP contribution >= 0.6 is 0 Å². The molecular weight excluding hydrogens is 618 g/mol. The van der Waals surface area contributed by atoms with Crippen LogP contribution in [0.5, 0.6) is 5.75 Å². The summed E-state index contributed by atoms with van der Waals surface area (Å²) in [5.41, 5.74) is 1.54. The van der Waals surface area contributed by atoms with E-state index in [0.717, 1.165) is 16.5 Å². The van der Waals surface area contributed by atoms with Gasteiger partial charge in [-0.05, 0) is 66.5 Å². The maximum absolute atomic E-state index is 13.7. The fourth-order valence-electron chi connectivity index (χ4n) is 4.81. The topological polar surface area (TPSA) is 151 Å². The Morgan fingerprint density at radius 1 is 0.723 bits per heavy atom. The normalized spacial score (nSPS) is 13.6. The molecule has 252 valence electrons. The number of phenolic OH excluding ortho intramolecular Hbond substituents is 1. The van der Waals surface area contributed by atoms with Crippen molar-refractivity contribution in [3.8, 4) is 5.75 Å². The highest BCUT2D eigenvalue weighted by atomic mass is 32.2. The second-order valence-electron chi connectivity index (χ2n) is 12.3. The molecule has 3 unspecified atom stereocenters. The standard InChI is InChI=1S/C36H45N3O7S/c1-25(2)21-32(38-35(42)33(22-26(3)4)39-36(43)46-24-28-11-7-5-8-12-28)34(41)37-29(23-27-15-17-30(40)18-16-27)19-20-47(44,45)31-13-9-6-10-14-31/h5-20,25-26,29,32-33,40H,21-24H2,1-4H3,(H,37,41)(H,38,42)(H,39,43). The zero-order chi connectivity index (χ0) is 34.4. The van der Waals surface area contributed by atoms with Crippen LogP contribution in [-0.4, -0.2) is 49.6 Å². The van der Waals surface area contributed by atoms with Gasteiger partial charge >= 0.3 is 6.09 Å². The lowest BCUT2D eigenvalue weighted by atomic mass is 9.99. The van der Waals surface area contributed by atoms with Crippen LogP contribution in [-0.2, 0) is 37.2 Å². The van der Waals surface area contributed by atoms with Gasteiger partial charge in [0.15, 0.2) is 9.84 Å². The fraction of sp³-hybridized carbons (Fsp3) is 0.361. The smallest absolute Gasteiger partial charge is 0.408 e. The minimum absolute atomic E-state index is 0.0166. The van der Waals surface area contributed by atoms with E-state index in [0.29, 0.717) is 12.8 Å². The van der Waals surface area contributed by atoms with Crippen molar-refractivity contribution < 1.29 is 32.6 Å². The molecule has 3 rings (SSSR count). The Balaban J connectivity index is 1.78. The van der Waals surface area contributed by atoms with Gasteiger partial charge < -0.3 is 25.8 Å². The molecule has 11 heteroatoms. The Labute approximate surface area is 277 Å². The molecule has 3 amide bonds. The summed E-state index contributed by atoms with van der Waals surface area (Å²) in [4.78, 5) is 40.0. The van der Waals surface area contributed by atoms with Gasteiger partial charge in [0.1, 0.15) is 24.4 Å². The first-order valence-electron chi connectivity index (χ1n) is 15.7. The number of hydrogen-bond donors (Lipinski definition) is 4. The van der Waals surface area contributed by atoms with E-state index < -0.39 is 45.9 Å². The average Bonchev–Trinajstić information content (AvgIpc) is 3.03. The second-order valence-corrected chi connectivity index (χ2v) is 14.1. The number of phenols is 1. The third-order valence-corrected chi connectivity index (χ3v) is 8.59. The van der Waals surface area contributed by atoms with Crippen molar-refractivity contribution in [3.63, 3.8) is 0 Å². The first-order valence-corrected chi connectivity index (χ1v) is 17.2. The van der Waals surface area contributed by atoms with Gasteiger partial charge in [-0.2, -0.15) is 0 Å². The average molecular weight is 664 g/mol. The second kappa shape index (κ2) is 17.9. The van der Waals surface area contributed by atoms with Gasteiger partial charge in [0.05, 0.1) is 10.9 Å². The van der Waals surface area contributed by atoms with Gasteiger partial charge in [0.25, 0.3) is 0 Å². The molecule has 0 aromatic heterocycles. The molecule has 47 heavy (non-hydrogen) atoms. The van der Waals surface area contributed by atoms with Crippen LogP contribution in [0.3, 0.4) is 0 Å². The Bertz CT molecular complexity index is 1580. The summed E-state index contributed by atoms with van der Waals surface area (Å²) in [6, 6.07) is 20.8. The van der Waals surface area contributed by atoms with Crippen molar-refractivity contribution in [2.75, 3.05) is 0 Å². The molecule has 10 nitrogen and oxygen atoms in total. The number of aromatic hydroxyl groups is 1. The number of sulfone groups is 1. The number of ether oxygens (including phenoxy) is 1. The summed E-state index contributed by atoms with van der Waals surface area (Å²) in [6.07, 6.45) is 1.49. The van der Waals surface area contributed by atoms with Gasteiger partial charge in [-0.3, -0.25) is 9.59 Å². The first kappa shape index (κ1) is 36.8. The monoisotopic (exact) mass is 663 g/mol. The summed E-state index contributed by atoms with van der Waals surface area (Å²) >= 11 is 0. The Morgan fingerprint density at radius 3 is 1.83 bits per heavy atom. The summed E-state index contributed by atoms with van der Waals surface area (Å²) in [6.45, 7) is 7.70. The van der Waals surface area contributed by atoms with E-state index in [1.54, 1.807) is 30.3 Å². The number of carbonyl (C=O) groups excluding carboxylic acids is 3. The number of nitrogens with one attached hydrogen (secondary N) is 3. The maximum atomic E-state index is 13.7. The van der Waals surface area contributed by atoms with Crippen molar-refractivity contribution in [3.05, 3.63) is 108 Å². The lowest BCUT2D eigenvalue weighted by molar-refractivity contribution is -0.130. The molecule has 0 saturated carbocycles. The molecule has 3 aromatic rings. The fourth-order valence-corrected chi connectivity index (χ4v) is 5.90. The van der Waals surface area contributed by atoms with E-state index in [2.05, 4.69) is 16.0 Å². The summed E-state index contributed by atoms with van der Waals surface area (Å²) < 4.78 is 31.3. The molecule has 0 aliphatic carbocycles. The molecule has 0 spiro atoms. The predicted molar refractivity (Wildman–Crippen MR) is 181 cm³/mol. The summed E-state index contributed by atoms with van der Waals surface area (Å²) in [5, 5.41) is 19.1. The van der Waals surface area contributed by atoms with Crippen molar-refractivity contribution >= 4 is 27.7 Å². The van der Waals surface area contributed by atoms with Crippen LogP contribution in [0, 0.1) is 11.8 Å². The maximum Gasteiger partial charge on any atom is 0.408 e. The zero-order valence-electron chi connectivity index (χ0n) is 27.3. The Kier molecular flexibility index (Phi) is 14.0. The molecular formula is C36H45N3O7S. The molecule has 0 saturated heterocycles. The molecule has 3 atom stereocenters. The number of rotatable bonds is 16. The molecule has 4 N–H and O–H groups in total. The molecule has 0 aliphatic heterocycles. The van der Waals surface area contributed by atoms with Gasteiger partial charge in [0, 0.05) is 5.41 Å². The number of hydrogen-bond acceptors (Lipinski definition) is 7. The number of alkyl carbamates (subject to hydrolysis) is 1. The van der Waals surface area contributed by atoms with E-state index in [4.69, 9.17) is 4.74 Å². The molecule has 0 radical (unpaired) electrons. The molecule has 0 heterocycles. The lowest BCUT2D eigenvalue weighted by Crippen LogP contribution is -2.55. The minimum Gasteiger partial charge on any atom is -0.508 e. The SMILES string of the molecule is CC(C)CC(NC(=O)OCc1ccccc1)C(=O)NC(CC(C)C)C(=O)NC(C=CS(=O)(=O)c1ccccc1)Cc1ccc(O)cc1. The van der Waals surface area contributed by atoms with Crippen molar-refractivity contribution in [2.45, 2.75) is 76.6 Å². The van der Waals surface area contributed by atoms with Crippen LogP contribution in [0.15, 0.2) is 101 Å².